The Labute approximate surface area is 161 Å². The second-order valence-electron chi connectivity index (χ2n) is 5.98. The molecule has 8 nitrogen and oxygen atoms in total. The van der Waals surface area contributed by atoms with Crippen LogP contribution in [0.1, 0.15) is 11.1 Å². The maximum absolute atomic E-state index is 11.8. The molecule has 3 rings (SSSR count). The van der Waals surface area contributed by atoms with Gasteiger partial charge in [0.1, 0.15) is 18.1 Å². The van der Waals surface area contributed by atoms with Crippen molar-refractivity contribution >= 4 is 5.69 Å². The van der Waals surface area contributed by atoms with Crippen molar-refractivity contribution in [3.8, 4) is 23.3 Å². The van der Waals surface area contributed by atoms with Gasteiger partial charge in [-0.3, -0.25) is 9.55 Å². The molecule has 3 aromatic rings. The minimum absolute atomic E-state index is 0.137. The van der Waals surface area contributed by atoms with E-state index in [1.54, 1.807) is 37.6 Å². The molecular weight excluding hydrogens is 360 g/mol. The van der Waals surface area contributed by atoms with Crippen LogP contribution >= 0.6 is 0 Å². The summed E-state index contributed by atoms with van der Waals surface area (Å²) >= 11 is 0. The second kappa shape index (κ2) is 8.22. The minimum Gasteiger partial charge on any atom is -0.482 e. The highest BCUT2D eigenvalue weighted by molar-refractivity contribution is 5.60. The first-order valence-electron chi connectivity index (χ1n) is 8.35. The first-order valence-corrected chi connectivity index (χ1v) is 8.35. The molecule has 0 aliphatic heterocycles. The smallest absolute Gasteiger partial charge is 0.353 e. The van der Waals surface area contributed by atoms with Gasteiger partial charge in [-0.15, -0.1) is 0 Å². The Morgan fingerprint density at radius 1 is 1.21 bits per heavy atom. The van der Waals surface area contributed by atoms with Crippen molar-refractivity contribution < 1.29 is 14.2 Å². The van der Waals surface area contributed by atoms with E-state index in [1.165, 1.54) is 17.7 Å². The van der Waals surface area contributed by atoms with Gasteiger partial charge in [0.05, 0.1) is 25.9 Å². The zero-order valence-corrected chi connectivity index (χ0v) is 15.7. The van der Waals surface area contributed by atoms with Gasteiger partial charge in [0.15, 0.2) is 0 Å². The molecule has 2 heterocycles. The second-order valence-corrected chi connectivity index (χ2v) is 5.98. The van der Waals surface area contributed by atoms with Crippen molar-refractivity contribution in [1.29, 1.82) is 0 Å². The number of methoxy groups -OCH3 is 1. The Morgan fingerprint density at radius 3 is 2.75 bits per heavy atom. The van der Waals surface area contributed by atoms with Crippen molar-refractivity contribution in [2.24, 2.45) is 7.05 Å². The van der Waals surface area contributed by atoms with Crippen LogP contribution in [0.5, 0.6) is 23.3 Å². The Morgan fingerprint density at radius 2 is 2.04 bits per heavy atom. The highest BCUT2D eigenvalue weighted by Gasteiger charge is 2.10. The summed E-state index contributed by atoms with van der Waals surface area (Å²) in [5.41, 5.74) is 1.56. The molecule has 8 heteroatoms. The molecule has 1 aromatic carbocycles. The maximum Gasteiger partial charge on any atom is 0.353 e. The van der Waals surface area contributed by atoms with E-state index >= 15 is 0 Å². The first kappa shape index (κ1) is 18.9. The quantitative estimate of drug-likeness (QED) is 0.612. The number of nitrogens with zero attached hydrogens (tertiary/aromatic N) is 4. The normalized spacial score (nSPS) is 10.2. The zero-order chi connectivity index (χ0) is 20.1. The van der Waals surface area contributed by atoms with Crippen molar-refractivity contribution in [3.63, 3.8) is 0 Å². The third kappa shape index (κ3) is 4.27. The van der Waals surface area contributed by atoms with Crippen LogP contribution in [0.2, 0.25) is 0 Å². The predicted molar refractivity (Wildman–Crippen MR) is 102 cm³/mol. The van der Waals surface area contributed by atoms with Gasteiger partial charge in [-0.25, -0.2) is 9.64 Å². The van der Waals surface area contributed by atoms with Gasteiger partial charge in [0, 0.05) is 13.2 Å². The number of benzene rings is 1. The SMILES string of the molecule is [C-]#[N+]c1cc(COc2cc(OC)n(C)c(=O)n2)ccc1Oc1cncc(C)c1. The predicted octanol–water partition coefficient (Wildman–Crippen LogP) is 3.41. The van der Waals surface area contributed by atoms with Crippen LogP contribution in [0.15, 0.2) is 47.5 Å². The van der Waals surface area contributed by atoms with Gasteiger partial charge >= 0.3 is 5.69 Å². The Bertz CT molecular complexity index is 1100. The lowest BCUT2D eigenvalue weighted by atomic mass is 10.2. The van der Waals surface area contributed by atoms with E-state index in [1.807, 2.05) is 13.0 Å². The molecule has 0 bridgehead atoms. The molecule has 0 amide bonds. The van der Waals surface area contributed by atoms with Crippen LogP contribution in [0.4, 0.5) is 5.69 Å². The van der Waals surface area contributed by atoms with E-state index in [0.29, 0.717) is 23.1 Å². The van der Waals surface area contributed by atoms with Gasteiger partial charge < -0.3 is 14.2 Å². The van der Waals surface area contributed by atoms with E-state index < -0.39 is 5.69 Å². The Hall–Kier alpha value is -3.86. The summed E-state index contributed by atoms with van der Waals surface area (Å²) in [4.78, 5) is 23.2. The molecule has 0 unspecified atom stereocenters. The van der Waals surface area contributed by atoms with Gasteiger partial charge in [-0.1, -0.05) is 6.07 Å². The summed E-state index contributed by atoms with van der Waals surface area (Å²) in [5, 5.41) is 0. The van der Waals surface area contributed by atoms with Crippen LogP contribution in [0.25, 0.3) is 4.85 Å². The van der Waals surface area contributed by atoms with Crippen molar-refractivity contribution in [2.45, 2.75) is 13.5 Å². The lowest BCUT2D eigenvalue weighted by molar-refractivity contribution is 0.284. The zero-order valence-electron chi connectivity index (χ0n) is 15.7. The molecule has 0 aliphatic carbocycles. The van der Waals surface area contributed by atoms with E-state index in [-0.39, 0.29) is 12.5 Å². The lowest BCUT2D eigenvalue weighted by Crippen LogP contribution is -2.21. The number of aromatic nitrogens is 3. The van der Waals surface area contributed by atoms with E-state index in [0.717, 1.165) is 11.1 Å². The van der Waals surface area contributed by atoms with Crippen LogP contribution in [0.3, 0.4) is 0 Å². The Kier molecular flexibility index (Phi) is 5.56. The fourth-order valence-electron chi connectivity index (χ4n) is 2.46. The third-order valence-electron chi connectivity index (χ3n) is 3.89. The molecule has 0 fully saturated rings. The fraction of sp³-hybridized carbons (Fsp3) is 0.200. The number of aryl methyl sites for hydroxylation is 1. The van der Waals surface area contributed by atoms with Crippen LogP contribution in [-0.2, 0) is 13.7 Å². The van der Waals surface area contributed by atoms with Gasteiger partial charge in [-0.05, 0) is 36.2 Å². The average Bonchev–Trinajstić information content (AvgIpc) is 2.69. The molecule has 0 saturated carbocycles. The lowest BCUT2D eigenvalue weighted by Gasteiger charge is -2.11. The number of hydrogen-bond donors (Lipinski definition) is 0. The molecule has 28 heavy (non-hydrogen) atoms. The van der Waals surface area contributed by atoms with Crippen molar-refractivity contribution in [2.75, 3.05) is 7.11 Å². The highest BCUT2D eigenvalue weighted by atomic mass is 16.5. The van der Waals surface area contributed by atoms with Gasteiger partial charge in [0.25, 0.3) is 0 Å². The maximum atomic E-state index is 11.8. The summed E-state index contributed by atoms with van der Waals surface area (Å²) in [6.45, 7) is 9.46. The molecule has 0 spiro atoms. The minimum atomic E-state index is -0.480. The van der Waals surface area contributed by atoms with Crippen LogP contribution < -0.4 is 19.9 Å². The number of pyridine rings is 1. The van der Waals surface area contributed by atoms with Gasteiger partial charge in [0.2, 0.25) is 17.4 Å². The molecule has 0 N–H and O–H groups in total. The van der Waals surface area contributed by atoms with Crippen molar-refractivity contribution in [1.82, 2.24) is 14.5 Å². The molecule has 142 valence electrons. The summed E-state index contributed by atoms with van der Waals surface area (Å²) in [5.74, 6) is 1.48. The monoisotopic (exact) mass is 378 g/mol. The van der Waals surface area contributed by atoms with Gasteiger partial charge in [-0.2, -0.15) is 4.98 Å². The summed E-state index contributed by atoms with van der Waals surface area (Å²) in [7, 11) is 3.02. The number of hydrogen-bond acceptors (Lipinski definition) is 6. The molecule has 0 aliphatic rings. The largest absolute Gasteiger partial charge is 0.482 e. The standard InChI is InChI=1S/C20H18N4O4/c1-13-7-15(11-22-10-13)28-17-6-5-14(8-16(17)21-2)12-27-18-9-19(26-4)24(3)20(25)23-18/h5-11H,12H2,1,3-4H3. The van der Waals surface area contributed by atoms with E-state index in [9.17, 15) is 4.79 Å². The molecule has 0 saturated heterocycles. The van der Waals surface area contributed by atoms with Crippen LogP contribution in [-0.4, -0.2) is 21.6 Å². The fourth-order valence-corrected chi connectivity index (χ4v) is 2.46. The average molecular weight is 378 g/mol. The van der Waals surface area contributed by atoms with Crippen molar-refractivity contribution in [3.05, 3.63) is 75.8 Å². The molecule has 2 aromatic heterocycles. The summed E-state index contributed by atoms with van der Waals surface area (Å²) in [6, 6.07) is 8.52. The number of ether oxygens (including phenoxy) is 3. The molecular formula is C20H18N4O4. The summed E-state index contributed by atoms with van der Waals surface area (Å²) < 4.78 is 17.7. The Balaban J connectivity index is 1.76. The third-order valence-corrected chi connectivity index (χ3v) is 3.89. The highest BCUT2D eigenvalue weighted by Crippen LogP contribution is 2.33. The summed E-state index contributed by atoms with van der Waals surface area (Å²) in [6.07, 6.45) is 3.32. The van der Waals surface area contributed by atoms with E-state index in [2.05, 4.69) is 14.8 Å². The topological polar surface area (TPSA) is 79.8 Å². The van der Waals surface area contributed by atoms with E-state index in [4.69, 9.17) is 20.8 Å². The molecule has 0 radical (unpaired) electrons. The first-order chi connectivity index (χ1) is 13.5. The molecule has 0 atom stereocenters. The van der Waals surface area contributed by atoms with Crippen LogP contribution in [0, 0.1) is 13.5 Å². The number of rotatable bonds is 6.